The van der Waals surface area contributed by atoms with Crippen LogP contribution in [0.25, 0.3) is 0 Å². The topological polar surface area (TPSA) is 30.5 Å². The van der Waals surface area contributed by atoms with Gasteiger partial charge in [-0.15, -0.1) is 0 Å². The van der Waals surface area contributed by atoms with Crippen molar-refractivity contribution in [2.45, 2.75) is 32.9 Å². The summed E-state index contributed by atoms with van der Waals surface area (Å²) in [5, 5.41) is 3.35. The van der Waals surface area contributed by atoms with Crippen LogP contribution in [0.1, 0.15) is 24.5 Å². The molecule has 0 spiro atoms. The minimum Gasteiger partial charge on any atom is -0.487 e. The molecule has 1 unspecified atom stereocenters. The molecule has 0 aliphatic carbocycles. The lowest BCUT2D eigenvalue weighted by Crippen LogP contribution is -2.19. The third-order valence-electron chi connectivity index (χ3n) is 3.05. The van der Waals surface area contributed by atoms with E-state index in [1.165, 1.54) is 11.1 Å². The normalized spacial score (nSPS) is 19.2. The first-order chi connectivity index (χ1) is 8.70. The molecule has 100 valence electrons. The fourth-order valence-corrected chi connectivity index (χ4v) is 2.75. The Morgan fingerprint density at radius 3 is 3.00 bits per heavy atom. The maximum absolute atomic E-state index is 6.10. The van der Waals surface area contributed by atoms with Crippen LogP contribution in [0.5, 0.6) is 5.75 Å². The Morgan fingerprint density at radius 2 is 2.33 bits per heavy atom. The highest BCUT2D eigenvalue weighted by Crippen LogP contribution is 2.30. The van der Waals surface area contributed by atoms with Gasteiger partial charge in [0.05, 0.1) is 13.2 Å². The van der Waals surface area contributed by atoms with E-state index in [-0.39, 0.29) is 6.10 Å². The van der Waals surface area contributed by atoms with E-state index in [2.05, 4.69) is 47.2 Å². The standard InChI is InChI=1S/C14H20BrNO2/c1-3-16-8-11-7-12(15)6-10(2)14(11)18-13-4-5-17-9-13/h6-7,13,16H,3-5,8-9H2,1-2H3. The van der Waals surface area contributed by atoms with Gasteiger partial charge in [-0.2, -0.15) is 0 Å². The average Bonchev–Trinajstić information content (AvgIpc) is 2.83. The Labute approximate surface area is 117 Å². The zero-order valence-corrected chi connectivity index (χ0v) is 12.5. The predicted octanol–water partition coefficient (Wildman–Crippen LogP) is 3.03. The molecule has 0 radical (unpaired) electrons. The van der Waals surface area contributed by atoms with Crippen molar-refractivity contribution in [1.82, 2.24) is 5.32 Å². The summed E-state index contributed by atoms with van der Waals surface area (Å²) < 4.78 is 12.6. The largest absolute Gasteiger partial charge is 0.487 e. The van der Waals surface area contributed by atoms with Gasteiger partial charge in [0, 0.05) is 23.0 Å². The minimum absolute atomic E-state index is 0.199. The van der Waals surface area contributed by atoms with Crippen molar-refractivity contribution in [1.29, 1.82) is 0 Å². The molecule has 0 saturated carbocycles. The summed E-state index contributed by atoms with van der Waals surface area (Å²) in [6, 6.07) is 4.22. The van der Waals surface area contributed by atoms with Crippen LogP contribution in [-0.2, 0) is 11.3 Å². The van der Waals surface area contributed by atoms with E-state index in [4.69, 9.17) is 9.47 Å². The van der Waals surface area contributed by atoms with Gasteiger partial charge in [0.25, 0.3) is 0 Å². The van der Waals surface area contributed by atoms with Gasteiger partial charge in [0.2, 0.25) is 0 Å². The van der Waals surface area contributed by atoms with Crippen molar-refractivity contribution in [2.24, 2.45) is 0 Å². The minimum atomic E-state index is 0.199. The summed E-state index contributed by atoms with van der Waals surface area (Å²) in [6.07, 6.45) is 1.18. The Balaban J connectivity index is 2.18. The number of hydrogen-bond acceptors (Lipinski definition) is 3. The number of hydrogen-bond donors (Lipinski definition) is 1. The van der Waals surface area contributed by atoms with E-state index >= 15 is 0 Å². The molecule has 1 aliphatic heterocycles. The molecular formula is C14H20BrNO2. The number of benzene rings is 1. The van der Waals surface area contributed by atoms with Crippen molar-refractivity contribution in [2.75, 3.05) is 19.8 Å². The van der Waals surface area contributed by atoms with Crippen LogP contribution < -0.4 is 10.1 Å². The first-order valence-corrected chi connectivity index (χ1v) is 7.24. The first-order valence-electron chi connectivity index (χ1n) is 6.45. The molecule has 0 amide bonds. The molecule has 4 heteroatoms. The number of aryl methyl sites for hydroxylation is 1. The fourth-order valence-electron chi connectivity index (χ4n) is 2.13. The molecule has 1 atom stereocenters. The quantitative estimate of drug-likeness (QED) is 0.906. The Kier molecular flexibility index (Phi) is 5.03. The Bertz CT molecular complexity index is 403. The van der Waals surface area contributed by atoms with Gasteiger partial charge in [-0.1, -0.05) is 22.9 Å². The van der Waals surface area contributed by atoms with Crippen LogP contribution in [0.15, 0.2) is 16.6 Å². The molecule has 0 bridgehead atoms. The molecule has 1 fully saturated rings. The summed E-state index contributed by atoms with van der Waals surface area (Å²) in [6.45, 7) is 7.50. The van der Waals surface area contributed by atoms with E-state index < -0.39 is 0 Å². The van der Waals surface area contributed by atoms with Crippen LogP contribution >= 0.6 is 15.9 Å². The highest BCUT2D eigenvalue weighted by Gasteiger charge is 2.20. The first kappa shape index (κ1) is 13.8. The smallest absolute Gasteiger partial charge is 0.127 e. The molecule has 1 N–H and O–H groups in total. The van der Waals surface area contributed by atoms with Gasteiger partial charge in [0.15, 0.2) is 0 Å². The van der Waals surface area contributed by atoms with Crippen LogP contribution in [0, 0.1) is 6.92 Å². The maximum Gasteiger partial charge on any atom is 0.127 e. The summed E-state index contributed by atoms with van der Waals surface area (Å²) in [5.41, 5.74) is 2.37. The van der Waals surface area contributed by atoms with Gasteiger partial charge in [-0.25, -0.2) is 0 Å². The zero-order valence-electron chi connectivity index (χ0n) is 11.0. The molecule has 18 heavy (non-hydrogen) atoms. The number of ether oxygens (including phenoxy) is 2. The molecule has 1 saturated heterocycles. The van der Waals surface area contributed by atoms with Gasteiger partial charge < -0.3 is 14.8 Å². The predicted molar refractivity (Wildman–Crippen MR) is 76.1 cm³/mol. The van der Waals surface area contributed by atoms with Crippen molar-refractivity contribution >= 4 is 15.9 Å². The molecule has 1 aromatic carbocycles. The Hall–Kier alpha value is -0.580. The molecular weight excluding hydrogens is 294 g/mol. The van der Waals surface area contributed by atoms with Crippen LogP contribution in [-0.4, -0.2) is 25.9 Å². The zero-order chi connectivity index (χ0) is 13.0. The van der Waals surface area contributed by atoms with Gasteiger partial charge in [-0.05, 0) is 31.2 Å². The van der Waals surface area contributed by atoms with E-state index in [9.17, 15) is 0 Å². The second kappa shape index (κ2) is 6.55. The lowest BCUT2D eigenvalue weighted by atomic mass is 10.1. The summed E-state index contributed by atoms with van der Waals surface area (Å²) in [7, 11) is 0. The summed E-state index contributed by atoms with van der Waals surface area (Å²) in [5.74, 6) is 1.01. The van der Waals surface area contributed by atoms with Crippen LogP contribution in [0.3, 0.4) is 0 Å². The van der Waals surface area contributed by atoms with E-state index in [0.717, 1.165) is 36.3 Å². The fraction of sp³-hybridized carbons (Fsp3) is 0.571. The van der Waals surface area contributed by atoms with Crippen molar-refractivity contribution in [3.63, 3.8) is 0 Å². The summed E-state index contributed by atoms with van der Waals surface area (Å²) in [4.78, 5) is 0. The third-order valence-corrected chi connectivity index (χ3v) is 3.51. The lowest BCUT2D eigenvalue weighted by molar-refractivity contribution is 0.140. The van der Waals surface area contributed by atoms with Crippen LogP contribution in [0.4, 0.5) is 0 Å². The average molecular weight is 314 g/mol. The molecule has 1 heterocycles. The monoisotopic (exact) mass is 313 g/mol. The molecule has 3 nitrogen and oxygen atoms in total. The highest BCUT2D eigenvalue weighted by atomic mass is 79.9. The molecule has 2 rings (SSSR count). The van der Waals surface area contributed by atoms with Gasteiger partial charge in [0.1, 0.15) is 11.9 Å². The lowest BCUT2D eigenvalue weighted by Gasteiger charge is -2.18. The highest BCUT2D eigenvalue weighted by molar-refractivity contribution is 9.10. The van der Waals surface area contributed by atoms with Crippen molar-refractivity contribution < 1.29 is 9.47 Å². The van der Waals surface area contributed by atoms with Crippen molar-refractivity contribution in [3.8, 4) is 5.75 Å². The van der Waals surface area contributed by atoms with E-state index in [1.54, 1.807) is 0 Å². The Morgan fingerprint density at radius 1 is 1.50 bits per heavy atom. The summed E-state index contributed by atoms with van der Waals surface area (Å²) >= 11 is 3.54. The molecule has 1 aromatic rings. The van der Waals surface area contributed by atoms with E-state index in [1.807, 2.05) is 0 Å². The van der Waals surface area contributed by atoms with Gasteiger partial charge in [-0.3, -0.25) is 0 Å². The van der Waals surface area contributed by atoms with Gasteiger partial charge >= 0.3 is 0 Å². The second-order valence-corrected chi connectivity index (χ2v) is 5.51. The SMILES string of the molecule is CCNCc1cc(Br)cc(C)c1OC1CCOC1. The van der Waals surface area contributed by atoms with Crippen LogP contribution in [0.2, 0.25) is 0 Å². The molecule has 0 aromatic heterocycles. The number of halogens is 1. The van der Waals surface area contributed by atoms with Crippen molar-refractivity contribution in [3.05, 3.63) is 27.7 Å². The second-order valence-electron chi connectivity index (χ2n) is 4.59. The number of rotatable bonds is 5. The van der Waals surface area contributed by atoms with E-state index in [0.29, 0.717) is 6.61 Å². The third kappa shape index (κ3) is 3.46. The molecule has 1 aliphatic rings. The number of nitrogens with one attached hydrogen (secondary N) is 1. The maximum atomic E-state index is 6.10.